The van der Waals surface area contributed by atoms with Gasteiger partial charge in [-0.1, -0.05) is 18.2 Å². The number of hydrogen-bond donors (Lipinski definition) is 0. The van der Waals surface area contributed by atoms with Crippen LogP contribution in [0.25, 0.3) is 0 Å². The summed E-state index contributed by atoms with van der Waals surface area (Å²) in [5.74, 6) is 0.840. The number of benzene rings is 2. The van der Waals surface area contributed by atoms with Crippen LogP contribution in [0.4, 0.5) is 5.69 Å². The molecule has 0 fully saturated rings. The quantitative estimate of drug-likeness (QED) is 0.418. The Balaban J connectivity index is 1.81. The van der Waals surface area contributed by atoms with Crippen molar-refractivity contribution in [3.05, 3.63) is 81.0 Å². The fourth-order valence-electron chi connectivity index (χ4n) is 4.40. The van der Waals surface area contributed by atoms with Gasteiger partial charge in [-0.2, -0.15) is 5.10 Å². The second-order valence-corrected chi connectivity index (χ2v) is 7.69. The van der Waals surface area contributed by atoms with Crippen molar-refractivity contribution < 1.29 is 14.5 Å². The summed E-state index contributed by atoms with van der Waals surface area (Å²) in [7, 11) is 1.64. The fourth-order valence-corrected chi connectivity index (χ4v) is 4.40. The van der Waals surface area contributed by atoms with Gasteiger partial charge < -0.3 is 4.74 Å². The molecule has 2 atom stereocenters. The molecule has 0 saturated carbocycles. The van der Waals surface area contributed by atoms with Crippen molar-refractivity contribution in [2.45, 2.75) is 32.7 Å². The van der Waals surface area contributed by atoms with Gasteiger partial charge in [0.15, 0.2) is 5.78 Å². The molecule has 0 bridgehead atoms. The van der Waals surface area contributed by atoms with Gasteiger partial charge in [0.05, 0.1) is 23.8 Å². The molecular formula is C23H23N3O4. The van der Waals surface area contributed by atoms with Crippen molar-refractivity contribution in [2.24, 2.45) is 11.0 Å². The summed E-state index contributed by atoms with van der Waals surface area (Å²) in [6.45, 7) is 3.38. The number of ether oxygens (including phenoxy) is 1. The summed E-state index contributed by atoms with van der Waals surface area (Å²) in [5.41, 5.74) is 5.00. The van der Waals surface area contributed by atoms with Crippen LogP contribution in [-0.2, 0) is 11.2 Å². The minimum Gasteiger partial charge on any atom is -0.497 e. The van der Waals surface area contributed by atoms with Crippen LogP contribution in [-0.4, -0.2) is 28.5 Å². The van der Waals surface area contributed by atoms with Crippen molar-refractivity contribution in [3.8, 4) is 5.75 Å². The Morgan fingerprint density at radius 2 is 1.97 bits per heavy atom. The number of non-ortho nitro benzene ring substituents is 1. The average molecular weight is 405 g/mol. The molecule has 2 aromatic rings. The standard InChI is InChI=1S/C23H23N3O4/c1-14(12-15(2)27)25-23(17-4-8-18(9-5-17)26(28)29)20-11-7-16-6-10-19(30-3)13-21(16)22(20)24-25/h4-6,8-10,12-13,20,23H,7,11H2,1-3H3/b14-12+/t20-,23+/m1/s1. The number of methoxy groups -OCH3 is 1. The van der Waals surface area contributed by atoms with Gasteiger partial charge >= 0.3 is 0 Å². The number of nitro groups is 1. The van der Waals surface area contributed by atoms with Gasteiger partial charge in [0, 0.05) is 35.4 Å². The normalized spacial score (nSPS) is 20.3. The highest BCUT2D eigenvalue weighted by Crippen LogP contribution is 2.45. The van der Waals surface area contributed by atoms with E-state index in [1.807, 2.05) is 24.1 Å². The molecule has 0 aromatic heterocycles. The van der Waals surface area contributed by atoms with E-state index in [4.69, 9.17) is 9.84 Å². The molecule has 1 heterocycles. The van der Waals surface area contributed by atoms with Crippen LogP contribution in [0.1, 0.15) is 43.0 Å². The minimum absolute atomic E-state index is 0.0490. The van der Waals surface area contributed by atoms with E-state index in [2.05, 4.69) is 6.07 Å². The van der Waals surface area contributed by atoms with E-state index in [0.717, 1.165) is 41.1 Å². The lowest BCUT2D eigenvalue weighted by Crippen LogP contribution is -2.28. The molecule has 7 heteroatoms. The largest absolute Gasteiger partial charge is 0.497 e. The lowest BCUT2D eigenvalue weighted by atomic mass is 9.77. The number of nitrogens with zero attached hydrogens (tertiary/aromatic N) is 3. The van der Waals surface area contributed by atoms with Crippen molar-refractivity contribution in [1.29, 1.82) is 0 Å². The Labute approximate surface area is 174 Å². The number of rotatable bonds is 5. The Morgan fingerprint density at radius 3 is 2.60 bits per heavy atom. The third-order valence-electron chi connectivity index (χ3n) is 5.75. The monoisotopic (exact) mass is 405 g/mol. The Bertz CT molecular complexity index is 1070. The first-order valence-electron chi connectivity index (χ1n) is 9.87. The SMILES string of the molecule is COc1ccc2c(c1)C1=NN(/C(C)=C/C(C)=O)[C@@H](c3ccc([N+](=O)[O-])cc3)[C@@H]1CC2. The van der Waals surface area contributed by atoms with Gasteiger partial charge in [-0.25, -0.2) is 0 Å². The zero-order chi connectivity index (χ0) is 21.4. The molecule has 0 spiro atoms. The minimum atomic E-state index is -0.401. The Morgan fingerprint density at radius 1 is 1.23 bits per heavy atom. The van der Waals surface area contributed by atoms with Crippen LogP contribution in [0, 0.1) is 16.0 Å². The summed E-state index contributed by atoms with van der Waals surface area (Å²) in [4.78, 5) is 22.4. The number of ketones is 1. The first-order chi connectivity index (χ1) is 14.4. The van der Waals surface area contributed by atoms with E-state index in [1.54, 1.807) is 25.3 Å². The Hall–Kier alpha value is -3.48. The summed E-state index contributed by atoms with van der Waals surface area (Å²) < 4.78 is 5.41. The molecule has 4 rings (SSSR count). The molecule has 2 aliphatic rings. The van der Waals surface area contributed by atoms with Crippen LogP contribution < -0.4 is 4.74 Å². The number of fused-ring (bicyclic) bond motifs is 3. The number of hydrazone groups is 1. The fraction of sp³-hybridized carbons (Fsp3) is 0.304. The molecular weight excluding hydrogens is 382 g/mol. The van der Waals surface area contributed by atoms with E-state index >= 15 is 0 Å². The van der Waals surface area contributed by atoms with Gasteiger partial charge in [0.2, 0.25) is 0 Å². The molecule has 1 aliphatic carbocycles. The third kappa shape index (κ3) is 3.47. The summed E-state index contributed by atoms with van der Waals surface area (Å²) in [6.07, 6.45) is 3.39. The average Bonchev–Trinajstić information content (AvgIpc) is 3.13. The molecule has 0 unspecified atom stereocenters. The highest BCUT2D eigenvalue weighted by molar-refractivity contribution is 6.06. The second kappa shape index (κ2) is 7.74. The number of hydrogen-bond acceptors (Lipinski definition) is 6. The summed E-state index contributed by atoms with van der Waals surface area (Å²) in [6, 6.07) is 12.5. The molecule has 0 saturated heterocycles. The van der Waals surface area contributed by atoms with Crippen molar-refractivity contribution in [1.82, 2.24) is 5.01 Å². The summed E-state index contributed by atoms with van der Waals surface area (Å²) in [5, 5.41) is 17.9. The van der Waals surface area contributed by atoms with Gasteiger partial charge in [-0.15, -0.1) is 0 Å². The zero-order valence-corrected chi connectivity index (χ0v) is 17.2. The Kier molecular flexibility index (Phi) is 5.11. The van der Waals surface area contributed by atoms with E-state index in [0.29, 0.717) is 0 Å². The topological polar surface area (TPSA) is 85.0 Å². The van der Waals surface area contributed by atoms with Crippen LogP contribution in [0.2, 0.25) is 0 Å². The van der Waals surface area contributed by atoms with E-state index in [-0.39, 0.29) is 23.4 Å². The molecule has 1 aliphatic heterocycles. The van der Waals surface area contributed by atoms with Crippen LogP contribution in [0.5, 0.6) is 5.75 Å². The zero-order valence-electron chi connectivity index (χ0n) is 17.2. The molecule has 7 nitrogen and oxygen atoms in total. The van der Waals surface area contributed by atoms with Crippen molar-refractivity contribution in [3.63, 3.8) is 0 Å². The maximum atomic E-state index is 11.7. The van der Waals surface area contributed by atoms with E-state index in [1.165, 1.54) is 24.6 Å². The van der Waals surface area contributed by atoms with Crippen LogP contribution in [0.15, 0.2) is 59.3 Å². The van der Waals surface area contributed by atoms with Gasteiger partial charge in [-0.3, -0.25) is 19.9 Å². The van der Waals surface area contributed by atoms with Crippen molar-refractivity contribution in [2.75, 3.05) is 7.11 Å². The maximum Gasteiger partial charge on any atom is 0.269 e. The van der Waals surface area contributed by atoms with E-state index in [9.17, 15) is 14.9 Å². The lowest BCUT2D eigenvalue weighted by molar-refractivity contribution is -0.384. The van der Waals surface area contributed by atoms with Crippen LogP contribution in [0.3, 0.4) is 0 Å². The van der Waals surface area contributed by atoms with Crippen molar-refractivity contribution >= 4 is 17.2 Å². The molecule has 2 aromatic carbocycles. The first-order valence-corrected chi connectivity index (χ1v) is 9.87. The number of nitro benzene ring substituents is 1. The molecule has 0 N–H and O–H groups in total. The molecule has 154 valence electrons. The number of carbonyl (C=O) groups excluding carboxylic acids is 1. The number of aryl methyl sites for hydroxylation is 1. The first kappa shape index (κ1) is 19.8. The second-order valence-electron chi connectivity index (χ2n) is 7.69. The predicted octanol–water partition coefficient (Wildman–Crippen LogP) is 4.42. The molecule has 0 amide bonds. The maximum absolute atomic E-state index is 11.7. The smallest absolute Gasteiger partial charge is 0.269 e. The highest BCUT2D eigenvalue weighted by Gasteiger charge is 2.42. The highest BCUT2D eigenvalue weighted by atomic mass is 16.6. The number of allylic oxidation sites excluding steroid dienone is 2. The third-order valence-corrected chi connectivity index (χ3v) is 5.75. The molecule has 30 heavy (non-hydrogen) atoms. The number of carbonyl (C=O) groups is 1. The predicted molar refractivity (Wildman–Crippen MR) is 113 cm³/mol. The lowest BCUT2D eigenvalue weighted by Gasteiger charge is -2.31. The van der Waals surface area contributed by atoms with Gasteiger partial charge in [0.1, 0.15) is 5.75 Å². The van der Waals surface area contributed by atoms with E-state index < -0.39 is 4.92 Å². The van der Waals surface area contributed by atoms with Crippen LogP contribution >= 0.6 is 0 Å². The van der Waals surface area contributed by atoms with Gasteiger partial charge in [0.25, 0.3) is 5.69 Å². The molecule has 0 radical (unpaired) electrons. The van der Waals surface area contributed by atoms with Gasteiger partial charge in [-0.05, 0) is 49.9 Å². The summed E-state index contributed by atoms with van der Waals surface area (Å²) >= 11 is 0.